The first kappa shape index (κ1) is 13.1. The van der Waals surface area contributed by atoms with Crippen molar-refractivity contribution in [1.82, 2.24) is 9.97 Å². The molecular weight excluding hydrogens is 321 g/mol. The number of aromatic nitrogens is 2. The minimum atomic E-state index is -0.324. The highest BCUT2D eigenvalue weighted by atomic mass is 79.9. The number of nitrogens with one attached hydrogen (secondary N) is 1. The summed E-state index contributed by atoms with van der Waals surface area (Å²) in [6, 6.07) is 5.18. The fourth-order valence-corrected chi connectivity index (χ4v) is 1.84. The summed E-state index contributed by atoms with van der Waals surface area (Å²) in [7, 11) is 0. The largest absolute Gasteiger partial charge is 0.436 e. The molecule has 94 valence electrons. The first-order chi connectivity index (χ1) is 8.61. The minimum absolute atomic E-state index is 0.154. The van der Waals surface area contributed by atoms with Crippen molar-refractivity contribution in [3.8, 4) is 11.6 Å². The molecule has 0 amide bonds. The minimum Gasteiger partial charge on any atom is -0.436 e. The molecule has 1 heterocycles. The second-order valence-corrected chi connectivity index (χ2v) is 4.62. The van der Waals surface area contributed by atoms with Gasteiger partial charge >= 0.3 is 0 Å². The van der Waals surface area contributed by atoms with E-state index in [-0.39, 0.29) is 15.9 Å². The molecule has 3 N–H and O–H groups in total. The fraction of sp³-hybridized carbons (Fsp3) is 0.0909. The van der Waals surface area contributed by atoms with Crippen LogP contribution in [-0.2, 0) is 6.54 Å². The zero-order valence-corrected chi connectivity index (χ0v) is 11.5. The van der Waals surface area contributed by atoms with Crippen LogP contribution in [-0.4, -0.2) is 9.97 Å². The van der Waals surface area contributed by atoms with Gasteiger partial charge in [-0.2, -0.15) is 0 Å². The Morgan fingerprint density at radius 2 is 2.28 bits per heavy atom. The number of halogens is 2. The summed E-state index contributed by atoms with van der Waals surface area (Å²) in [5.74, 6) is 0.564. The number of benzene rings is 1. The van der Waals surface area contributed by atoms with Gasteiger partial charge in [0.15, 0.2) is 0 Å². The topological polar surface area (TPSA) is 81.0 Å². The van der Waals surface area contributed by atoms with Crippen LogP contribution in [0.25, 0.3) is 0 Å². The number of aromatic amines is 1. The molecule has 5 nitrogen and oxygen atoms in total. The average Bonchev–Trinajstić information content (AvgIpc) is 2.37. The Morgan fingerprint density at radius 1 is 1.50 bits per heavy atom. The molecule has 0 bridgehead atoms. The van der Waals surface area contributed by atoms with Gasteiger partial charge < -0.3 is 15.5 Å². The summed E-state index contributed by atoms with van der Waals surface area (Å²) in [6.45, 7) is 0.396. The van der Waals surface area contributed by atoms with Crippen LogP contribution in [0.3, 0.4) is 0 Å². The standard InChI is InChI=1S/C11H9BrClN3O2/c12-9-10(17)15-5-16-11(9)18-8-2-1-6(4-14)3-7(8)13/h1-3,5H,4,14H2,(H,15,16,17). The zero-order chi connectivity index (χ0) is 13.1. The molecule has 0 saturated heterocycles. The summed E-state index contributed by atoms with van der Waals surface area (Å²) in [4.78, 5) is 17.7. The van der Waals surface area contributed by atoms with Crippen molar-refractivity contribution in [2.24, 2.45) is 5.73 Å². The quantitative estimate of drug-likeness (QED) is 0.905. The van der Waals surface area contributed by atoms with Gasteiger partial charge in [-0.15, -0.1) is 0 Å². The first-order valence-corrected chi connectivity index (χ1v) is 6.18. The van der Waals surface area contributed by atoms with Gasteiger partial charge in [0, 0.05) is 6.54 Å². The van der Waals surface area contributed by atoms with Gasteiger partial charge in [0.1, 0.15) is 10.2 Å². The molecule has 2 aromatic rings. The smallest absolute Gasteiger partial charge is 0.268 e. The lowest BCUT2D eigenvalue weighted by molar-refractivity contribution is 0.457. The Kier molecular flexibility index (Phi) is 4.00. The van der Waals surface area contributed by atoms with Gasteiger partial charge in [-0.25, -0.2) is 4.98 Å². The lowest BCUT2D eigenvalue weighted by Gasteiger charge is -2.08. The number of ether oxygens (including phenoxy) is 1. The fourth-order valence-electron chi connectivity index (χ4n) is 1.30. The van der Waals surface area contributed by atoms with Crippen molar-refractivity contribution in [3.63, 3.8) is 0 Å². The van der Waals surface area contributed by atoms with E-state index in [2.05, 4.69) is 25.9 Å². The third kappa shape index (κ3) is 2.72. The monoisotopic (exact) mass is 329 g/mol. The number of nitrogens with zero attached hydrogens (tertiary/aromatic N) is 1. The number of hydrogen-bond acceptors (Lipinski definition) is 4. The lowest BCUT2D eigenvalue weighted by atomic mass is 10.2. The van der Waals surface area contributed by atoms with E-state index in [0.29, 0.717) is 17.3 Å². The van der Waals surface area contributed by atoms with Crippen molar-refractivity contribution in [2.75, 3.05) is 0 Å². The Balaban J connectivity index is 2.34. The van der Waals surface area contributed by atoms with Crippen LogP contribution in [0.1, 0.15) is 5.56 Å². The molecule has 0 radical (unpaired) electrons. The van der Waals surface area contributed by atoms with Crippen molar-refractivity contribution >= 4 is 27.5 Å². The van der Waals surface area contributed by atoms with E-state index in [0.717, 1.165) is 5.56 Å². The Hall–Kier alpha value is -1.37. The highest BCUT2D eigenvalue weighted by Crippen LogP contribution is 2.31. The van der Waals surface area contributed by atoms with Crippen LogP contribution in [0, 0.1) is 0 Å². The predicted octanol–water partition coefficient (Wildman–Crippen LogP) is 2.44. The summed E-state index contributed by atoms with van der Waals surface area (Å²) in [6.07, 6.45) is 1.25. The number of hydrogen-bond donors (Lipinski definition) is 2. The zero-order valence-electron chi connectivity index (χ0n) is 9.11. The third-order valence-electron chi connectivity index (χ3n) is 2.20. The molecule has 7 heteroatoms. The van der Waals surface area contributed by atoms with Crippen molar-refractivity contribution in [2.45, 2.75) is 6.54 Å². The van der Waals surface area contributed by atoms with E-state index >= 15 is 0 Å². The highest BCUT2D eigenvalue weighted by molar-refractivity contribution is 9.10. The summed E-state index contributed by atoms with van der Waals surface area (Å²) in [5, 5.41) is 0.409. The summed E-state index contributed by atoms with van der Waals surface area (Å²) < 4.78 is 5.68. The molecule has 2 rings (SSSR count). The molecular formula is C11H9BrClN3O2. The lowest BCUT2D eigenvalue weighted by Crippen LogP contribution is -2.08. The van der Waals surface area contributed by atoms with Crippen molar-refractivity contribution in [3.05, 3.63) is 49.9 Å². The molecule has 0 spiro atoms. The molecule has 0 unspecified atom stereocenters. The van der Waals surface area contributed by atoms with Crippen LogP contribution in [0.15, 0.2) is 33.8 Å². The van der Waals surface area contributed by atoms with Crippen molar-refractivity contribution in [1.29, 1.82) is 0 Å². The van der Waals surface area contributed by atoms with Crippen molar-refractivity contribution < 1.29 is 4.74 Å². The summed E-state index contributed by atoms with van der Waals surface area (Å²) in [5.41, 5.74) is 6.07. The number of nitrogens with two attached hydrogens (primary N) is 1. The van der Waals surface area contributed by atoms with Gasteiger partial charge in [-0.3, -0.25) is 4.79 Å². The van der Waals surface area contributed by atoms with Crippen LogP contribution >= 0.6 is 27.5 Å². The van der Waals surface area contributed by atoms with Crippen LogP contribution in [0.4, 0.5) is 0 Å². The van der Waals surface area contributed by atoms with Crippen LogP contribution < -0.4 is 16.0 Å². The maximum Gasteiger partial charge on any atom is 0.268 e. The SMILES string of the molecule is NCc1ccc(Oc2nc[nH]c(=O)c2Br)c(Cl)c1. The normalized spacial score (nSPS) is 10.4. The second kappa shape index (κ2) is 5.51. The van der Waals surface area contributed by atoms with E-state index in [1.807, 2.05) is 0 Å². The maximum absolute atomic E-state index is 11.3. The van der Waals surface area contributed by atoms with Crippen LogP contribution in [0.2, 0.25) is 5.02 Å². The van der Waals surface area contributed by atoms with Crippen LogP contribution in [0.5, 0.6) is 11.6 Å². The van der Waals surface area contributed by atoms with Gasteiger partial charge in [0.2, 0.25) is 5.88 Å². The third-order valence-corrected chi connectivity index (χ3v) is 3.20. The van der Waals surface area contributed by atoms with Gasteiger partial charge in [-0.1, -0.05) is 17.7 Å². The highest BCUT2D eigenvalue weighted by Gasteiger charge is 2.10. The number of H-pyrrole nitrogens is 1. The Morgan fingerprint density at radius 3 is 2.94 bits per heavy atom. The molecule has 0 aliphatic carbocycles. The molecule has 0 atom stereocenters. The Labute approximate surface area is 116 Å². The predicted molar refractivity (Wildman–Crippen MR) is 72.0 cm³/mol. The van der Waals surface area contributed by atoms with E-state index in [9.17, 15) is 4.79 Å². The van der Waals surface area contributed by atoms with E-state index in [4.69, 9.17) is 22.1 Å². The molecule has 0 aliphatic heterocycles. The van der Waals surface area contributed by atoms with E-state index in [1.165, 1.54) is 6.33 Å². The molecule has 1 aromatic carbocycles. The van der Waals surface area contributed by atoms with Gasteiger partial charge in [-0.05, 0) is 33.6 Å². The number of rotatable bonds is 3. The van der Waals surface area contributed by atoms with E-state index < -0.39 is 0 Å². The van der Waals surface area contributed by atoms with E-state index in [1.54, 1.807) is 18.2 Å². The van der Waals surface area contributed by atoms with Gasteiger partial charge in [0.05, 0.1) is 11.3 Å². The summed E-state index contributed by atoms with van der Waals surface area (Å²) >= 11 is 9.14. The molecule has 0 fully saturated rings. The molecule has 0 saturated carbocycles. The maximum atomic E-state index is 11.3. The first-order valence-electron chi connectivity index (χ1n) is 5.01. The molecule has 0 aliphatic rings. The van der Waals surface area contributed by atoms with Gasteiger partial charge in [0.25, 0.3) is 5.56 Å². The average molecular weight is 331 g/mol. The Bertz CT molecular complexity index is 630. The molecule has 1 aromatic heterocycles. The molecule has 18 heavy (non-hydrogen) atoms. The second-order valence-electron chi connectivity index (χ2n) is 3.42.